The van der Waals surface area contributed by atoms with E-state index < -0.39 is 15.1 Å². The molecule has 1 aliphatic carbocycles. The van der Waals surface area contributed by atoms with Crippen LogP contribution in [0, 0.1) is 17.8 Å². The fourth-order valence-electron chi connectivity index (χ4n) is 2.59. The average molecular weight is 354 g/mol. The Morgan fingerprint density at radius 1 is 1.00 bits per heavy atom. The van der Waals surface area contributed by atoms with Crippen LogP contribution in [0.2, 0.25) is 0 Å². The highest BCUT2D eigenvalue weighted by Gasteiger charge is 2.65. The van der Waals surface area contributed by atoms with Gasteiger partial charge in [0.2, 0.25) is 0 Å². The molecule has 7 heteroatoms. The molecule has 2 rings (SSSR count). The van der Waals surface area contributed by atoms with Gasteiger partial charge >= 0.3 is 10.2 Å². The Kier molecular flexibility index (Phi) is 4.46. The summed E-state index contributed by atoms with van der Waals surface area (Å²) in [7, 11) is -9.59. The van der Waals surface area contributed by atoms with E-state index in [9.17, 15) is 19.4 Å². The molecule has 23 heavy (non-hydrogen) atoms. The smallest absolute Gasteiger partial charge is 0.310 e. The zero-order valence-corrected chi connectivity index (χ0v) is 13.5. The number of halogens is 5. The van der Waals surface area contributed by atoms with Gasteiger partial charge in [-0.25, -0.2) is 0 Å². The van der Waals surface area contributed by atoms with E-state index in [-0.39, 0.29) is 12.0 Å². The van der Waals surface area contributed by atoms with Crippen molar-refractivity contribution in [2.75, 3.05) is 6.61 Å². The third-order valence-electron chi connectivity index (χ3n) is 3.80. The first kappa shape index (κ1) is 18.1. The SMILES string of the molecule is CCOC1CCC(C#Cc2ccc(S(F)(F)(F)(F)F)cc2)CC1. The predicted octanol–water partition coefficient (Wildman–Crippen LogP) is 6.29. The Balaban J connectivity index is 2.01. The Morgan fingerprint density at radius 2 is 1.57 bits per heavy atom. The quantitative estimate of drug-likeness (QED) is 0.458. The topological polar surface area (TPSA) is 9.23 Å². The summed E-state index contributed by atoms with van der Waals surface area (Å²) in [5, 5.41) is 0. The second-order valence-corrected chi connectivity index (χ2v) is 8.10. The van der Waals surface area contributed by atoms with Crippen LogP contribution in [-0.4, -0.2) is 12.7 Å². The van der Waals surface area contributed by atoms with E-state index in [1.54, 1.807) is 0 Å². The molecule has 0 aliphatic heterocycles. The molecule has 1 nitrogen and oxygen atoms in total. The highest BCUT2D eigenvalue weighted by atomic mass is 32.5. The fraction of sp³-hybridized carbons (Fsp3) is 0.500. The lowest BCUT2D eigenvalue weighted by Gasteiger charge is -2.40. The van der Waals surface area contributed by atoms with Gasteiger partial charge < -0.3 is 4.74 Å². The van der Waals surface area contributed by atoms with Crippen molar-refractivity contribution in [1.29, 1.82) is 0 Å². The maximum Gasteiger partial charge on any atom is 0.310 e. The molecule has 0 unspecified atom stereocenters. The van der Waals surface area contributed by atoms with E-state index in [0.717, 1.165) is 37.8 Å². The highest BCUT2D eigenvalue weighted by Crippen LogP contribution is 3.02. The van der Waals surface area contributed by atoms with Crippen LogP contribution >= 0.6 is 10.2 Å². The lowest BCUT2D eigenvalue weighted by Crippen LogP contribution is -2.20. The summed E-state index contributed by atoms with van der Waals surface area (Å²) in [6.07, 6.45) is 3.84. The van der Waals surface area contributed by atoms with Crippen molar-refractivity contribution in [3.63, 3.8) is 0 Å². The number of hydrogen-bond donors (Lipinski definition) is 0. The second-order valence-electron chi connectivity index (χ2n) is 5.69. The van der Waals surface area contributed by atoms with E-state index in [2.05, 4.69) is 11.8 Å². The molecule has 1 aromatic carbocycles. The molecule has 0 amide bonds. The number of hydrogen-bond acceptors (Lipinski definition) is 1. The van der Waals surface area contributed by atoms with Gasteiger partial charge in [-0.15, -0.1) is 0 Å². The van der Waals surface area contributed by atoms with Crippen LogP contribution in [0.5, 0.6) is 0 Å². The van der Waals surface area contributed by atoms with Crippen molar-refractivity contribution in [1.82, 2.24) is 0 Å². The van der Waals surface area contributed by atoms with Gasteiger partial charge in [0, 0.05) is 18.1 Å². The maximum absolute atomic E-state index is 12.6. The van der Waals surface area contributed by atoms with Crippen molar-refractivity contribution in [2.24, 2.45) is 5.92 Å². The van der Waals surface area contributed by atoms with Gasteiger partial charge in [-0.3, -0.25) is 0 Å². The zero-order chi connectivity index (χ0) is 17.2. The Hall–Kier alpha value is -1.26. The monoisotopic (exact) mass is 354 g/mol. The van der Waals surface area contributed by atoms with Crippen molar-refractivity contribution < 1.29 is 24.2 Å². The summed E-state index contributed by atoms with van der Waals surface area (Å²) in [6.45, 7) is 2.63. The van der Waals surface area contributed by atoms with Crippen molar-refractivity contribution in [3.05, 3.63) is 29.8 Å². The summed E-state index contributed by atoms with van der Waals surface area (Å²) in [4.78, 5) is -1.88. The van der Waals surface area contributed by atoms with Gasteiger partial charge in [0.25, 0.3) is 0 Å². The van der Waals surface area contributed by atoms with Crippen LogP contribution < -0.4 is 0 Å². The molecule has 0 atom stereocenters. The summed E-state index contributed by atoms with van der Waals surface area (Å²) in [5.41, 5.74) is 0.308. The number of rotatable bonds is 3. The van der Waals surface area contributed by atoms with Gasteiger partial charge in [-0.1, -0.05) is 31.3 Å². The van der Waals surface area contributed by atoms with Crippen LogP contribution in [0.15, 0.2) is 29.2 Å². The normalized spacial score (nSPS) is 25.0. The maximum atomic E-state index is 12.6. The number of ether oxygens (including phenoxy) is 1. The molecule has 0 radical (unpaired) electrons. The molecule has 0 bridgehead atoms. The molecular formula is C16H19F5OS. The minimum absolute atomic E-state index is 0.169. The fourth-order valence-corrected chi connectivity index (χ4v) is 3.24. The van der Waals surface area contributed by atoms with E-state index in [4.69, 9.17) is 4.74 Å². The highest BCUT2D eigenvalue weighted by molar-refractivity contribution is 8.45. The molecule has 1 aliphatic rings. The Bertz CT molecular complexity index is 604. The van der Waals surface area contributed by atoms with E-state index >= 15 is 0 Å². The van der Waals surface area contributed by atoms with Gasteiger partial charge in [0.1, 0.15) is 4.90 Å². The van der Waals surface area contributed by atoms with Gasteiger partial charge in [-0.2, -0.15) is 0 Å². The van der Waals surface area contributed by atoms with Crippen LogP contribution in [0.4, 0.5) is 19.4 Å². The molecule has 130 valence electrons. The minimum Gasteiger partial charge on any atom is -0.379 e. The van der Waals surface area contributed by atoms with Crippen LogP contribution in [0.1, 0.15) is 38.2 Å². The third kappa shape index (κ3) is 5.40. The van der Waals surface area contributed by atoms with E-state index in [0.29, 0.717) is 24.3 Å². The first-order valence-electron chi connectivity index (χ1n) is 7.45. The van der Waals surface area contributed by atoms with Gasteiger partial charge in [0.15, 0.2) is 0 Å². The average Bonchev–Trinajstić information content (AvgIpc) is 2.45. The molecule has 1 aromatic rings. The van der Waals surface area contributed by atoms with Crippen molar-refractivity contribution in [3.8, 4) is 11.8 Å². The summed E-state index contributed by atoms with van der Waals surface area (Å²) >= 11 is 0. The first-order valence-corrected chi connectivity index (χ1v) is 9.40. The molecule has 0 N–H and O–H groups in total. The predicted molar refractivity (Wildman–Crippen MR) is 82.1 cm³/mol. The first-order chi connectivity index (χ1) is 10.5. The standard InChI is InChI=1S/C16H19F5OS/c1-2-22-15-9-5-13(6-10-15)3-4-14-7-11-16(12-8-14)23(17,18,19,20)21/h7-8,11-13,15H,2,5-6,9-10H2,1H3. The van der Waals surface area contributed by atoms with Crippen LogP contribution in [-0.2, 0) is 4.74 Å². The van der Waals surface area contributed by atoms with E-state index in [1.807, 2.05) is 6.92 Å². The molecular weight excluding hydrogens is 335 g/mol. The zero-order valence-electron chi connectivity index (χ0n) is 12.7. The summed E-state index contributed by atoms with van der Waals surface area (Å²) < 4.78 is 68.6. The van der Waals surface area contributed by atoms with Crippen molar-refractivity contribution >= 4 is 10.2 Å². The van der Waals surface area contributed by atoms with Gasteiger partial charge in [0.05, 0.1) is 6.10 Å². The lowest BCUT2D eigenvalue weighted by atomic mass is 9.87. The molecule has 1 fully saturated rings. The summed E-state index contributed by atoms with van der Waals surface area (Å²) in [5.74, 6) is 5.96. The third-order valence-corrected chi connectivity index (χ3v) is 4.96. The minimum atomic E-state index is -9.59. The molecule has 1 saturated carbocycles. The summed E-state index contributed by atoms with van der Waals surface area (Å²) in [6, 6.07) is 2.78. The second kappa shape index (κ2) is 5.67. The number of benzene rings is 1. The van der Waals surface area contributed by atoms with Crippen molar-refractivity contribution in [2.45, 2.75) is 43.6 Å². The van der Waals surface area contributed by atoms with Crippen LogP contribution in [0.25, 0.3) is 0 Å². The Morgan fingerprint density at radius 3 is 2.04 bits per heavy atom. The van der Waals surface area contributed by atoms with Gasteiger partial charge in [-0.05, 0) is 56.9 Å². The molecule has 0 aromatic heterocycles. The molecule has 0 spiro atoms. The molecule has 0 heterocycles. The van der Waals surface area contributed by atoms with E-state index in [1.165, 1.54) is 0 Å². The lowest BCUT2D eigenvalue weighted by molar-refractivity contribution is 0.0310. The Labute approximate surface area is 132 Å². The molecule has 0 saturated heterocycles. The van der Waals surface area contributed by atoms with Crippen LogP contribution in [0.3, 0.4) is 0 Å². The largest absolute Gasteiger partial charge is 0.379 e.